The number of anilines is 2. The third-order valence-corrected chi connectivity index (χ3v) is 3.40. The van der Waals surface area contributed by atoms with Crippen LogP contribution in [0.5, 0.6) is 0 Å². The second-order valence-electron chi connectivity index (χ2n) is 4.36. The number of halogens is 1. The van der Waals surface area contributed by atoms with Gasteiger partial charge in [-0.15, -0.1) is 0 Å². The van der Waals surface area contributed by atoms with Crippen molar-refractivity contribution in [3.05, 3.63) is 46.9 Å². The standard InChI is InChI=1S/C13H13ClN4/c14-12-6-16-7-13(17-12)18-5-4-10-9(8-18)2-1-3-11(10)15/h1-3,6-7H,4-5,8,15H2. The van der Waals surface area contributed by atoms with Crippen LogP contribution in [0, 0.1) is 0 Å². The molecule has 0 atom stereocenters. The third-order valence-electron chi connectivity index (χ3n) is 3.22. The van der Waals surface area contributed by atoms with Crippen LogP contribution < -0.4 is 10.6 Å². The van der Waals surface area contributed by atoms with Gasteiger partial charge in [-0.25, -0.2) is 4.98 Å². The molecule has 0 unspecified atom stereocenters. The average Bonchev–Trinajstić information content (AvgIpc) is 2.39. The summed E-state index contributed by atoms with van der Waals surface area (Å²) in [4.78, 5) is 10.5. The van der Waals surface area contributed by atoms with E-state index >= 15 is 0 Å². The highest BCUT2D eigenvalue weighted by molar-refractivity contribution is 6.29. The topological polar surface area (TPSA) is 55.0 Å². The van der Waals surface area contributed by atoms with E-state index < -0.39 is 0 Å². The molecule has 1 aromatic heterocycles. The first-order valence-electron chi connectivity index (χ1n) is 5.83. The molecule has 4 nitrogen and oxygen atoms in total. The van der Waals surface area contributed by atoms with E-state index in [-0.39, 0.29) is 0 Å². The summed E-state index contributed by atoms with van der Waals surface area (Å²) in [7, 11) is 0. The number of benzene rings is 1. The minimum absolute atomic E-state index is 0.422. The smallest absolute Gasteiger partial charge is 0.149 e. The van der Waals surface area contributed by atoms with Crippen LogP contribution in [-0.2, 0) is 13.0 Å². The van der Waals surface area contributed by atoms with Gasteiger partial charge in [0, 0.05) is 18.8 Å². The van der Waals surface area contributed by atoms with Gasteiger partial charge < -0.3 is 10.6 Å². The Morgan fingerprint density at radius 1 is 1.28 bits per heavy atom. The predicted octanol–water partition coefficient (Wildman–Crippen LogP) is 2.27. The van der Waals surface area contributed by atoms with Crippen LogP contribution in [-0.4, -0.2) is 16.5 Å². The Hall–Kier alpha value is -1.81. The maximum atomic E-state index is 5.98. The number of nitrogens with zero attached hydrogens (tertiary/aromatic N) is 3. The van der Waals surface area contributed by atoms with Gasteiger partial charge in [0.1, 0.15) is 11.0 Å². The van der Waals surface area contributed by atoms with E-state index in [0.29, 0.717) is 5.15 Å². The van der Waals surface area contributed by atoms with Crippen LogP contribution in [0.3, 0.4) is 0 Å². The number of nitrogen functional groups attached to an aromatic ring is 1. The van der Waals surface area contributed by atoms with Gasteiger partial charge in [-0.1, -0.05) is 23.7 Å². The molecule has 2 heterocycles. The van der Waals surface area contributed by atoms with E-state index in [1.54, 1.807) is 12.4 Å². The Bertz CT molecular complexity index is 585. The molecule has 0 spiro atoms. The van der Waals surface area contributed by atoms with E-state index in [9.17, 15) is 0 Å². The van der Waals surface area contributed by atoms with Gasteiger partial charge in [-0.05, 0) is 23.6 Å². The molecule has 0 fully saturated rings. The van der Waals surface area contributed by atoms with E-state index in [0.717, 1.165) is 31.0 Å². The maximum Gasteiger partial charge on any atom is 0.149 e. The summed E-state index contributed by atoms with van der Waals surface area (Å²) in [5.74, 6) is 0.815. The van der Waals surface area contributed by atoms with E-state index in [4.69, 9.17) is 17.3 Å². The third kappa shape index (κ3) is 1.99. The quantitative estimate of drug-likeness (QED) is 0.800. The van der Waals surface area contributed by atoms with Crippen LogP contribution >= 0.6 is 11.6 Å². The molecule has 0 saturated carbocycles. The second kappa shape index (κ2) is 4.46. The molecule has 18 heavy (non-hydrogen) atoms. The number of aromatic nitrogens is 2. The number of nitrogens with two attached hydrogens (primary N) is 1. The zero-order valence-electron chi connectivity index (χ0n) is 9.81. The summed E-state index contributed by atoms with van der Waals surface area (Å²) in [6, 6.07) is 6.05. The first kappa shape index (κ1) is 11.3. The van der Waals surface area contributed by atoms with E-state index in [1.165, 1.54) is 11.1 Å². The van der Waals surface area contributed by atoms with Gasteiger partial charge in [0.2, 0.25) is 0 Å². The highest BCUT2D eigenvalue weighted by atomic mass is 35.5. The summed E-state index contributed by atoms with van der Waals surface area (Å²) in [5, 5.41) is 0.422. The molecule has 1 aromatic carbocycles. The van der Waals surface area contributed by atoms with Crippen LogP contribution in [0.4, 0.5) is 11.5 Å². The summed E-state index contributed by atoms with van der Waals surface area (Å²) in [6.45, 7) is 1.69. The van der Waals surface area contributed by atoms with Crippen LogP contribution in [0.1, 0.15) is 11.1 Å². The Labute approximate surface area is 110 Å². The first-order chi connectivity index (χ1) is 8.74. The fraction of sp³-hybridized carbons (Fsp3) is 0.231. The lowest BCUT2D eigenvalue weighted by Gasteiger charge is -2.30. The van der Waals surface area contributed by atoms with Crippen molar-refractivity contribution in [2.45, 2.75) is 13.0 Å². The van der Waals surface area contributed by atoms with Gasteiger partial charge >= 0.3 is 0 Å². The van der Waals surface area contributed by atoms with Crippen molar-refractivity contribution in [1.82, 2.24) is 9.97 Å². The Kier molecular flexibility index (Phi) is 2.80. The molecule has 5 heteroatoms. The summed E-state index contributed by atoms with van der Waals surface area (Å²) in [6.07, 6.45) is 4.21. The zero-order chi connectivity index (χ0) is 12.5. The fourth-order valence-electron chi connectivity index (χ4n) is 2.32. The SMILES string of the molecule is Nc1cccc2c1CCN(c1cncc(Cl)n1)C2. The molecule has 2 aromatic rings. The maximum absolute atomic E-state index is 5.98. The molecule has 92 valence electrons. The highest BCUT2D eigenvalue weighted by Crippen LogP contribution is 2.26. The molecule has 3 rings (SSSR count). The van der Waals surface area contributed by atoms with Crippen LogP contribution in [0.15, 0.2) is 30.6 Å². The number of rotatable bonds is 1. The first-order valence-corrected chi connectivity index (χ1v) is 6.20. The largest absolute Gasteiger partial charge is 0.398 e. The number of hydrogen-bond acceptors (Lipinski definition) is 4. The molecule has 1 aliphatic heterocycles. The fourth-order valence-corrected chi connectivity index (χ4v) is 2.46. The average molecular weight is 261 g/mol. The van der Waals surface area contributed by atoms with Crippen LogP contribution in [0.25, 0.3) is 0 Å². The van der Waals surface area contributed by atoms with Crippen LogP contribution in [0.2, 0.25) is 5.15 Å². The van der Waals surface area contributed by atoms with E-state index in [2.05, 4.69) is 20.9 Å². The Balaban J connectivity index is 1.91. The normalized spacial score (nSPS) is 14.4. The Morgan fingerprint density at radius 2 is 2.17 bits per heavy atom. The van der Waals surface area contributed by atoms with Crippen molar-refractivity contribution in [2.24, 2.45) is 0 Å². The molecule has 0 radical (unpaired) electrons. The van der Waals surface area contributed by atoms with Gasteiger partial charge in [0.05, 0.1) is 12.4 Å². The predicted molar refractivity (Wildman–Crippen MR) is 72.7 cm³/mol. The lowest BCUT2D eigenvalue weighted by molar-refractivity contribution is 0.720. The lowest BCUT2D eigenvalue weighted by Crippen LogP contribution is -2.31. The van der Waals surface area contributed by atoms with Gasteiger partial charge in [-0.3, -0.25) is 4.98 Å². The summed E-state index contributed by atoms with van der Waals surface area (Å²) < 4.78 is 0. The van der Waals surface area contributed by atoms with Crippen molar-refractivity contribution in [3.8, 4) is 0 Å². The molecule has 0 aliphatic carbocycles. The molecule has 0 saturated heterocycles. The molecular weight excluding hydrogens is 248 g/mol. The monoisotopic (exact) mass is 260 g/mol. The minimum atomic E-state index is 0.422. The molecule has 0 amide bonds. The van der Waals surface area contributed by atoms with Crippen molar-refractivity contribution >= 4 is 23.1 Å². The van der Waals surface area contributed by atoms with Crippen molar-refractivity contribution < 1.29 is 0 Å². The van der Waals surface area contributed by atoms with Gasteiger partial charge in [0.15, 0.2) is 0 Å². The molecule has 0 bridgehead atoms. The molecule has 2 N–H and O–H groups in total. The Morgan fingerprint density at radius 3 is 3.00 bits per heavy atom. The summed E-state index contributed by atoms with van der Waals surface area (Å²) in [5.41, 5.74) is 9.37. The number of fused-ring (bicyclic) bond motifs is 1. The minimum Gasteiger partial charge on any atom is -0.398 e. The molecular formula is C13H13ClN4. The van der Waals surface area contributed by atoms with Gasteiger partial charge in [-0.2, -0.15) is 0 Å². The number of hydrogen-bond donors (Lipinski definition) is 1. The van der Waals surface area contributed by atoms with E-state index in [1.807, 2.05) is 12.1 Å². The molecule has 1 aliphatic rings. The second-order valence-corrected chi connectivity index (χ2v) is 4.74. The highest BCUT2D eigenvalue weighted by Gasteiger charge is 2.19. The van der Waals surface area contributed by atoms with Crippen molar-refractivity contribution in [1.29, 1.82) is 0 Å². The zero-order valence-corrected chi connectivity index (χ0v) is 10.6. The summed E-state index contributed by atoms with van der Waals surface area (Å²) >= 11 is 5.87. The van der Waals surface area contributed by atoms with Crippen molar-refractivity contribution in [3.63, 3.8) is 0 Å². The lowest BCUT2D eigenvalue weighted by atomic mass is 9.98. The van der Waals surface area contributed by atoms with Gasteiger partial charge in [0.25, 0.3) is 0 Å². The van der Waals surface area contributed by atoms with Crippen molar-refractivity contribution in [2.75, 3.05) is 17.2 Å².